The van der Waals surface area contributed by atoms with Crippen molar-refractivity contribution in [2.75, 3.05) is 0 Å². The molecule has 1 heterocycles. The Kier molecular flexibility index (Phi) is 5.41. The number of nitro benzene ring substituents is 1. The number of benzene rings is 2. The Bertz CT molecular complexity index is 1010. The molecule has 0 radical (unpaired) electrons. The summed E-state index contributed by atoms with van der Waals surface area (Å²) >= 11 is 3.33. The number of carbonyl (C=O) groups excluding carboxylic acids is 2. The van der Waals surface area contributed by atoms with E-state index in [4.69, 9.17) is 9.47 Å². The zero-order chi connectivity index (χ0) is 20.4. The molecule has 0 bridgehead atoms. The third-order valence-corrected chi connectivity index (χ3v) is 4.25. The van der Waals surface area contributed by atoms with Gasteiger partial charge in [0.15, 0.2) is 0 Å². The number of hydrogen-bond acceptors (Lipinski definition) is 7. The largest absolute Gasteiger partial charge is 0.446 e. The van der Waals surface area contributed by atoms with Gasteiger partial charge in [-0.05, 0) is 18.2 Å². The summed E-state index contributed by atoms with van der Waals surface area (Å²) in [4.78, 5) is 34.0. The summed E-state index contributed by atoms with van der Waals surface area (Å²) in [6.45, 7) is 2.56. The molecule has 1 aliphatic heterocycles. The molecule has 144 valence electrons. The standard InChI is InChI=1S/C18H14BrN3O6/c1-10(23)21-18(12-4-3-5-14(8-12)22(25)26)28-17(20-21)15-9-13(19)6-7-16(15)27-11(2)24/h3-9,18H,1-2H3. The van der Waals surface area contributed by atoms with Crippen molar-refractivity contribution in [1.29, 1.82) is 0 Å². The molecule has 28 heavy (non-hydrogen) atoms. The van der Waals surface area contributed by atoms with Crippen LogP contribution in [-0.2, 0) is 14.3 Å². The van der Waals surface area contributed by atoms with Crippen molar-refractivity contribution >= 4 is 39.4 Å². The second-order valence-corrected chi connectivity index (χ2v) is 6.74. The molecule has 0 aliphatic carbocycles. The highest BCUT2D eigenvalue weighted by atomic mass is 79.9. The summed E-state index contributed by atoms with van der Waals surface area (Å²) in [6.07, 6.45) is -0.989. The fourth-order valence-electron chi connectivity index (χ4n) is 2.60. The predicted molar refractivity (Wildman–Crippen MR) is 101 cm³/mol. The molecule has 0 saturated carbocycles. The molecule has 0 fully saturated rings. The molecule has 1 atom stereocenters. The van der Waals surface area contributed by atoms with Gasteiger partial charge in [-0.1, -0.05) is 28.1 Å². The van der Waals surface area contributed by atoms with Gasteiger partial charge < -0.3 is 9.47 Å². The van der Waals surface area contributed by atoms with Gasteiger partial charge in [-0.15, -0.1) is 5.10 Å². The topological polar surface area (TPSA) is 111 Å². The van der Waals surface area contributed by atoms with E-state index in [0.717, 1.165) is 5.01 Å². The van der Waals surface area contributed by atoms with Gasteiger partial charge in [0.1, 0.15) is 5.75 Å². The first kappa shape index (κ1) is 19.5. The van der Waals surface area contributed by atoms with Crippen LogP contribution < -0.4 is 4.74 Å². The second-order valence-electron chi connectivity index (χ2n) is 5.83. The minimum Gasteiger partial charge on any atom is -0.446 e. The lowest BCUT2D eigenvalue weighted by Crippen LogP contribution is -2.25. The number of nitrogens with zero attached hydrogens (tertiary/aromatic N) is 3. The van der Waals surface area contributed by atoms with Crippen LogP contribution in [0.3, 0.4) is 0 Å². The van der Waals surface area contributed by atoms with Crippen molar-refractivity contribution < 1.29 is 24.0 Å². The van der Waals surface area contributed by atoms with E-state index in [2.05, 4.69) is 21.0 Å². The smallest absolute Gasteiger partial charge is 0.308 e. The third-order valence-electron chi connectivity index (χ3n) is 3.76. The van der Waals surface area contributed by atoms with Gasteiger partial charge in [0, 0.05) is 36.0 Å². The van der Waals surface area contributed by atoms with Gasteiger partial charge >= 0.3 is 5.97 Å². The van der Waals surface area contributed by atoms with Crippen LogP contribution >= 0.6 is 15.9 Å². The summed E-state index contributed by atoms with van der Waals surface area (Å²) in [5.74, 6) is -0.696. The molecule has 10 heteroatoms. The number of esters is 1. The van der Waals surface area contributed by atoms with E-state index in [1.54, 1.807) is 24.3 Å². The van der Waals surface area contributed by atoms with Crippen LogP contribution in [0, 0.1) is 10.1 Å². The Labute approximate surface area is 167 Å². The Hall–Kier alpha value is -3.27. The predicted octanol–water partition coefficient (Wildman–Crippen LogP) is 3.52. The average Bonchev–Trinajstić information content (AvgIpc) is 3.08. The molecule has 9 nitrogen and oxygen atoms in total. The van der Waals surface area contributed by atoms with E-state index in [1.165, 1.54) is 32.0 Å². The minimum absolute atomic E-state index is 0.0456. The van der Waals surface area contributed by atoms with Crippen LogP contribution in [0.1, 0.15) is 31.2 Å². The lowest BCUT2D eigenvalue weighted by molar-refractivity contribution is -0.385. The Balaban J connectivity index is 2.02. The number of halogens is 1. The van der Waals surface area contributed by atoms with Crippen LogP contribution in [0.25, 0.3) is 0 Å². The van der Waals surface area contributed by atoms with E-state index in [9.17, 15) is 19.7 Å². The monoisotopic (exact) mass is 447 g/mol. The lowest BCUT2D eigenvalue weighted by atomic mass is 10.1. The minimum atomic E-state index is -0.989. The van der Waals surface area contributed by atoms with Crippen LogP contribution in [0.5, 0.6) is 5.75 Å². The normalized spacial score (nSPS) is 15.6. The van der Waals surface area contributed by atoms with E-state index >= 15 is 0 Å². The molecule has 1 aliphatic rings. The van der Waals surface area contributed by atoms with Crippen molar-refractivity contribution in [3.8, 4) is 5.75 Å². The van der Waals surface area contributed by atoms with Gasteiger partial charge in [0.2, 0.25) is 18.0 Å². The van der Waals surface area contributed by atoms with Crippen LogP contribution in [0.4, 0.5) is 5.69 Å². The molecule has 1 unspecified atom stereocenters. The zero-order valence-corrected chi connectivity index (χ0v) is 16.4. The SMILES string of the molecule is CC(=O)Oc1ccc(Br)cc1C1=NN(C(C)=O)C(c2cccc([N+](=O)[O-])c2)O1. The number of nitro groups is 1. The maximum absolute atomic E-state index is 12.1. The van der Waals surface area contributed by atoms with E-state index in [0.29, 0.717) is 15.6 Å². The number of non-ortho nitro benzene ring substituents is 1. The lowest BCUT2D eigenvalue weighted by Gasteiger charge is -2.19. The molecule has 0 N–H and O–H groups in total. The quantitative estimate of drug-likeness (QED) is 0.306. The fourth-order valence-corrected chi connectivity index (χ4v) is 2.96. The first-order valence-electron chi connectivity index (χ1n) is 8.04. The van der Waals surface area contributed by atoms with E-state index in [-0.39, 0.29) is 17.3 Å². The van der Waals surface area contributed by atoms with Gasteiger partial charge in [-0.25, -0.2) is 0 Å². The third kappa shape index (κ3) is 4.01. The molecule has 2 aromatic carbocycles. The van der Waals surface area contributed by atoms with Crippen molar-refractivity contribution in [2.45, 2.75) is 20.1 Å². The van der Waals surface area contributed by atoms with Crippen LogP contribution in [-0.4, -0.2) is 27.7 Å². The number of ether oxygens (including phenoxy) is 2. The van der Waals surface area contributed by atoms with Gasteiger partial charge in [-0.3, -0.25) is 19.7 Å². The summed E-state index contributed by atoms with van der Waals surface area (Å²) in [5.41, 5.74) is 0.594. The van der Waals surface area contributed by atoms with Crippen LogP contribution in [0.15, 0.2) is 52.0 Å². The van der Waals surface area contributed by atoms with E-state index in [1.807, 2.05) is 0 Å². The van der Waals surface area contributed by atoms with Crippen molar-refractivity contribution in [1.82, 2.24) is 5.01 Å². The maximum Gasteiger partial charge on any atom is 0.308 e. The molecular formula is C18H14BrN3O6. The number of rotatable bonds is 4. The van der Waals surface area contributed by atoms with E-state index < -0.39 is 23.0 Å². The van der Waals surface area contributed by atoms with Crippen molar-refractivity contribution in [3.05, 3.63) is 68.2 Å². The first-order valence-corrected chi connectivity index (χ1v) is 8.83. The Morgan fingerprint density at radius 1 is 1.25 bits per heavy atom. The molecular weight excluding hydrogens is 434 g/mol. The summed E-state index contributed by atoms with van der Waals surface area (Å²) in [5, 5.41) is 16.3. The highest BCUT2D eigenvalue weighted by Crippen LogP contribution is 2.34. The molecule has 2 aromatic rings. The summed E-state index contributed by atoms with van der Waals surface area (Å²) in [6, 6.07) is 10.6. The molecule has 0 saturated heterocycles. The zero-order valence-electron chi connectivity index (χ0n) is 14.8. The van der Waals surface area contributed by atoms with Gasteiger partial charge in [-0.2, -0.15) is 5.01 Å². The van der Waals surface area contributed by atoms with Crippen molar-refractivity contribution in [2.24, 2.45) is 5.10 Å². The van der Waals surface area contributed by atoms with Crippen molar-refractivity contribution in [3.63, 3.8) is 0 Å². The summed E-state index contributed by atoms with van der Waals surface area (Å²) in [7, 11) is 0. The Morgan fingerprint density at radius 2 is 2.00 bits per heavy atom. The highest BCUT2D eigenvalue weighted by Gasteiger charge is 2.35. The molecule has 1 amide bonds. The van der Waals surface area contributed by atoms with Gasteiger partial charge in [0.25, 0.3) is 5.69 Å². The highest BCUT2D eigenvalue weighted by molar-refractivity contribution is 9.10. The average molecular weight is 448 g/mol. The number of amides is 1. The number of hydrogen-bond donors (Lipinski definition) is 0. The van der Waals surface area contributed by atoms with Crippen LogP contribution in [0.2, 0.25) is 0 Å². The summed E-state index contributed by atoms with van der Waals surface area (Å²) < 4.78 is 11.7. The first-order chi connectivity index (χ1) is 13.3. The number of carbonyl (C=O) groups is 2. The fraction of sp³-hybridized carbons (Fsp3) is 0.167. The maximum atomic E-state index is 12.1. The number of hydrazone groups is 1. The molecule has 0 aromatic heterocycles. The molecule has 3 rings (SSSR count). The molecule has 0 spiro atoms. The second kappa shape index (κ2) is 7.77. The van der Waals surface area contributed by atoms with Gasteiger partial charge in [0.05, 0.1) is 10.5 Å². The Morgan fingerprint density at radius 3 is 2.64 bits per heavy atom.